The number of hydrogen-bond acceptors (Lipinski definition) is 9. The van der Waals surface area contributed by atoms with Crippen LogP contribution in [0.4, 0.5) is 5.82 Å². The molecular formula is C23H24N6O2S2. The Hall–Kier alpha value is -3.08. The first kappa shape index (κ1) is 21.7. The van der Waals surface area contributed by atoms with Crippen LogP contribution in [0.5, 0.6) is 11.5 Å². The van der Waals surface area contributed by atoms with Gasteiger partial charge in [-0.15, -0.1) is 11.3 Å². The average molecular weight is 481 g/mol. The van der Waals surface area contributed by atoms with Gasteiger partial charge in [-0.3, -0.25) is 0 Å². The van der Waals surface area contributed by atoms with Crippen LogP contribution in [0.3, 0.4) is 0 Å². The molecule has 1 aromatic carbocycles. The zero-order valence-electron chi connectivity index (χ0n) is 18.2. The molecule has 3 aromatic heterocycles. The van der Waals surface area contributed by atoms with E-state index in [1.807, 2.05) is 37.5 Å². The summed E-state index contributed by atoms with van der Waals surface area (Å²) in [6.07, 6.45) is 3.48. The van der Waals surface area contributed by atoms with E-state index in [9.17, 15) is 0 Å². The summed E-state index contributed by atoms with van der Waals surface area (Å²) in [5, 5.41) is 4.19. The van der Waals surface area contributed by atoms with Crippen LogP contribution in [0.15, 0.2) is 42.9 Å². The van der Waals surface area contributed by atoms with E-state index in [4.69, 9.17) is 21.7 Å². The van der Waals surface area contributed by atoms with Gasteiger partial charge < -0.3 is 24.6 Å². The average Bonchev–Trinajstić information content (AvgIpc) is 3.49. The van der Waals surface area contributed by atoms with E-state index in [0.29, 0.717) is 6.79 Å². The molecule has 10 heteroatoms. The topological polar surface area (TPSA) is 75.6 Å². The first-order valence-corrected chi connectivity index (χ1v) is 12.0. The van der Waals surface area contributed by atoms with Crippen LogP contribution in [0.25, 0.3) is 20.4 Å². The molecule has 1 saturated heterocycles. The summed E-state index contributed by atoms with van der Waals surface area (Å²) in [5.41, 5.74) is 3.96. The van der Waals surface area contributed by atoms with Gasteiger partial charge in [-0.05, 0) is 36.9 Å². The fourth-order valence-electron chi connectivity index (χ4n) is 3.92. The lowest BCUT2D eigenvalue weighted by Crippen LogP contribution is -2.45. The number of hydrogen-bond donors (Lipinski definition) is 1. The van der Waals surface area contributed by atoms with Gasteiger partial charge >= 0.3 is 0 Å². The molecule has 6 rings (SSSR count). The molecule has 2 aliphatic rings. The molecule has 2 aliphatic heterocycles. The summed E-state index contributed by atoms with van der Waals surface area (Å²) in [6, 6.07) is 9.99. The summed E-state index contributed by atoms with van der Waals surface area (Å²) < 4.78 is 11.6. The van der Waals surface area contributed by atoms with Gasteiger partial charge in [0, 0.05) is 44.3 Å². The Labute approximate surface area is 201 Å². The number of thiophene rings is 1. The van der Waals surface area contributed by atoms with E-state index in [-0.39, 0.29) is 0 Å². The second-order valence-corrected chi connectivity index (χ2v) is 8.89. The monoisotopic (exact) mass is 480 g/mol. The zero-order valence-corrected chi connectivity index (χ0v) is 19.9. The van der Waals surface area contributed by atoms with Crippen molar-refractivity contribution in [2.45, 2.75) is 6.54 Å². The number of rotatable bonds is 4. The van der Waals surface area contributed by atoms with Gasteiger partial charge in [-0.25, -0.2) is 15.0 Å². The minimum Gasteiger partial charge on any atom is -0.454 e. The van der Waals surface area contributed by atoms with Crippen molar-refractivity contribution in [2.75, 3.05) is 44.9 Å². The van der Waals surface area contributed by atoms with E-state index in [1.165, 1.54) is 5.56 Å². The molecule has 8 nitrogen and oxygen atoms in total. The molecule has 1 N–H and O–H groups in total. The third-order valence-corrected chi connectivity index (χ3v) is 6.99. The number of ether oxygens (including phenoxy) is 2. The number of thiocarbonyl (C=S) groups is 1. The number of nitrogens with one attached hydrogen (secondary N) is 1. The number of fused-ring (bicyclic) bond motifs is 4. The van der Waals surface area contributed by atoms with Crippen molar-refractivity contribution in [1.29, 1.82) is 0 Å². The number of pyridine rings is 1. The van der Waals surface area contributed by atoms with E-state index in [0.717, 1.165) is 70.5 Å². The molecule has 33 heavy (non-hydrogen) atoms. The standard InChI is InChI=1S/C14H13N5S2.C9H11NO2/c20-9-18-4-6-19(7-5-18)13-12-11(16-8-17-13)10-2-1-3-15-14(10)21-12;1-10-5-7-2-3-8-9(4-7)12-6-11-8/h1-3,8-9H,4-7H2;2-4,10H,5-6H2,1H3. The number of aromatic nitrogens is 3. The van der Waals surface area contributed by atoms with Crippen LogP contribution < -0.4 is 19.7 Å². The van der Waals surface area contributed by atoms with Crippen molar-refractivity contribution in [3.05, 3.63) is 48.4 Å². The maximum atomic E-state index is 5.24. The van der Waals surface area contributed by atoms with Crippen LogP contribution in [-0.4, -0.2) is 65.4 Å². The van der Waals surface area contributed by atoms with Gasteiger partial charge in [0.05, 0.1) is 15.7 Å². The normalized spacial score (nSPS) is 14.9. The Morgan fingerprint density at radius 3 is 2.76 bits per heavy atom. The number of anilines is 1. The molecule has 0 radical (unpaired) electrons. The Kier molecular flexibility index (Phi) is 6.47. The lowest BCUT2D eigenvalue weighted by atomic mass is 10.2. The molecule has 1 fully saturated rings. The smallest absolute Gasteiger partial charge is 0.231 e. The summed E-state index contributed by atoms with van der Waals surface area (Å²) in [7, 11) is 1.92. The van der Waals surface area contributed by atoms with Gasteiger partial charge in [0.25, 0.3) is 0 Å². The molecule has 0 amide bonds. The van der Waals surface area contributed by atoms with Gasteiger partial charge in [0.15, 0.2) is 11.5 Å². The molecule has 0 unspecified atom stereocenters. The first-order chi connectivity index (χ1) is 16.3. The van der Waals surface area contributed by atoms with E-state index >= 15 is 0 Å². The molecule has 0 spiro atoms. The molecule has 0 saturated carbocycles. The van der Waals surface area contributed by atoms with E-state index in [2.05, 4.69) is 36.1 Å². The van der Waals surface area contributed by atoms with E-state index in [1.54, 1.807) is 23.2 Å². The SMILES string of the molecule is CNCc1ccc2c(c1)OCO2.S=CN1CCN(c2ncnc3c2sc2ncccc23)CC1. The van der Waals surface area contributed by atoms with Gasteiger partial charge in [-0.1, -0.05) is 18.3 Å². The summed E-state index contributed by atoms with van der Waals surface area (Å²) in [5.74, 6) is 2.71. The van der Waals surface area contributed by atoms with Crippen molar-refractivity contribution in [2.24, 2.45) is 0 Å². The lowest BCUT2D eigenvalue weighted by molar-refractivity contribution is 0.174. The third-order valence-electron chi connectivity index (χ3n) is 5.59. The van der Waals surface area contributed by atoms with Crippen LogP contribution in [0.1, 0.15) is 5.56 Å². The quantitative estimate of drug-likeness (QED) is 0.442. The highest BCUT2D eigenvalue weighted by molar-refractivity contribution is 7.78. The van der Waals surface area contributed by atoms with Crippen molar-refractivity contribution < 1.29 is 9.47 Å². The molecule has 5 heterocycles. The summed E-state index contributed by atoms with van der Waals surface area (Å²) >= 11 is 6.67. The fourth-order valence-corrected chi connectivity index (χ4v) is 5.24. The molecular weight excluding hydrogens is 456 g/mol. The maximum Gasteiger partial charge on any atom is 0.231 e. The molecule has 4 aromatic rings. The maximum absolute atomic E-state index is 5.24. The van der Waals surface area contributed by atoms with Crippen molar-refractivity contribution in [3.63, 3.8) is 0 Å². The van der Waals surface area contributed by atoms with Crippen LogP contribution in [-0.2, 0) is 6.54 Å². The van der Waals surface area contributed by atoms with Gasteiger partial charge in [0.2, 0.25) is 6.79 Å². The highest BCUT2D eigenvalue weighted by atomic mass is 32.1. The Morgan fingerprint density at radius 2 is 1.94 bits per heavy atom. The predicted molar refractivity (Wildman–Crippen MR) is 135 cm³/mol. The fraction of sp³-hybridized carbons (Fsp3) is 0.304. The molecule has 0 bridgehead atoms. The minimum atomic E-state index is 0.346. The first-order valence-electron chi connectivity index (χ1n) is 10.7. The number of benzene rings is 1. The molecule has 0 atom stereocenters. The van der Waals surface area contributed by atoms with Crippen LogP contribution in [0.2, 0.25) is 0 Å². The van der Waals surface area contributed by atoms with E-state index < -0.39 is 0 Å². The van der Waals surface area contributed by atoms with Crippen molar-refractivity contribution in [3.8, 4) is 11.5 Å². The lowest BCUT2D eigenvalue weighted by Gasteiger charge is -2.34. The van der Waals surface area contributed by atoms with Gasteiger partial charge in [0.1, 0.15) is 17.0 Å². The van der Waals surface area contributed by atoms with Crippen LogP contribution in [0, 0.1) is 0 Å². The minimum absolute atomic E-state index is 0.346. The second kappa shape index (κ2) is 9.82. The molecule has 0 aliphatic carbocycles. The zero-order chi connectivity index (χ0) is 22.6. The third kappa shape index (κ3) is 4.54. The van der Waals surface area contributed by atoms with Crippen LogP contribution >= 0.6 is 23.6 Å². The highest BCUT2D eigenvalue weighted by Gasteiger charge is 2.20. The van der Waals surface area contributed by atoms with Crippen molar-refractivity contribution in [1.82, 2.24) is 25.2 Å². The highest BCUT2D eigenvalue weighted by Crippen LogP contribution is 2.36. The summed E-state index contributed by atoms with van der Waals surface area (Å²) in [6.45, 7) is 4.95. The predicted octanol–water partition coefficient (Wildman–Crippen LogP) is 3.45. The summed E-state index contributed by atoms with van der Waals surface area (Å²) in [4.78, 5) is 18.9. The van der Waals surface area contributed by atoms with Crippen molar-refractivity contribution >= 4 is 55.3 Å². The second-order valence-electron chi connectivity index (χ2n) is 7.68. The Bertz CT molecular complexity index is 1270. The largest absolute Gasteiger partial charge is 0.454 e. The Morgan fingerprint density at radius 1 is 1.09 bits per heavy atom. The number of piperazine rings is 1. The number of nitrogens with zero attached hydrogens (tertiary/aromatic N) is 5. The van der Waals surface area contributed by atoms with Gasteiger partial charge in [-0.2, -0.15) is 0 Å². The Balaban J connectivity index is 0.000000162. The molecule has 170 valence electrons.